The van der Waals surface area contributed by atoms with Crippen LogP contribution in [-0.2, 0) is 6.54 Å². The average Bonchev–Trinajstić information content (AvgIpc) is 2.46. The van der Waals surface area contributed by atoms with Crippen molar-refractivity contribution in [3.05, 3.63) is 52.5 Å². The van der Waals surface area contributed by atoms with Gasteiger partial charge >= 0.3 is 0 Å². The van der Waals surface area contributed by atoms with Crippen LogP contribution in [0.5, 0.6) is 5.75 Å². The summed E-state index contributed by atoms with van der Waals surface area (Å²) in [5.41, 5.74) is 3.73. The molecule has 1 aliphatic heterocycles. The Hall–Kier alpha value is -1.68. The number of nitrogens with zero attached hydrogens (tertiary/aromatic N) is 2. The first-order valence-corrected chi connectivity index (χ1v) is 7.47. The van der Waals surface area contributed by atoms with Crippen LogP contribution >= 0.6 is 15.9 Å². The maximum absolute atomic E-state index is 9.57. The third kappa shape index (κ3) is 2.48. The Morgan fingerprint density at radius 1 is 1.10 bits per heavy atom. The number of aromatic hydroxyl groups is 1. The van der Waals surface area contributed by atoms with Crippen molar-refractivity contribution in [2.24, 2.45) is 0 Å². The molecule has 1 aliphatic rings. The van der Waals surface area contributed by atoms with Crippen molar-refractivity contribution in [1.82, 2.24) is 0 Å². The average molecular weight is 333 g/mol. The van der Waals surface area contributed by atoms with Gasteiger partial charge in [-0.15, -0.1) is 0 Å². The van der Waals surface area contributed by atoms with Crippen LogP contribution in [0.15, 0.2) is 46.9 Å². The molecule has 4 heteroatoms. The largest absolute Gasteiger partial charge is 0.507 e. The lowest BCUT2D eigenvalue weighted by molar-refractivity contribution is 0.471. The molecule has 0 bridgehead atoms. The summed E-state index contributed by atoms with van der Waals surface area (Å²) < 4.78 is 0.748. The van der Waals surface area contributed by atoms with E-state index in [0.29, 0.717) is 0 Å². The molecule has 20 heavy (non-hydrogen) atoms. The quantitative estimate of drug-likeness (QED) is 0.909. The number of rotatable bonds is 2. The van der Waals surface area contributed by atoms with E-state index in [-0.39, 0.29) is 5.75 Å². The van der Waals surface area contributed by atoms with Crippen molar-refractivity contribution in [3.63, 3.8) is 0 Å². The van der Waals surface area contributed by atoms with Crippen LogP contribution in [0.25, 0.3) is 0 Å². The molecule has 0 unspecified atom stereocenters. The zero-order valence-corrected chi connectivity index (χ0v) is 13.0. The summed E-state index contributed by atoms with van der Waals surface area (Å²) in [6, 6.07) is 14.2. The Bertz CT molecular complexity index is 630. The van der Waals surface area contributed by atoms with Crippen LogP contribution in [0.4, 0.5) is 11.4 Å². The van der Waals surface area contributed by atoms with Gasteiger partial charge in [0.05, 0.1) is 15.8 Å². The molecule has 2 aromatic carbocycles. The first-order valence-electron chi connectivity index (χ1n) is 6.67. The van der Waals surface area contributed by atoms with Crippen molar-refractivity contribution >= 4 is 27.3 Å². The number of anilines is 2. The van der Waals surface area contributed by atoms with Gasteiger partial charge in [0.1, 0.15) is 5.75 Å². The SMILES string of the molecule is CN1CCN(Cc2ccc(O)c(Br)c2)c2ccccc21. The fourth-order valence-corrected chi connectivity index (χ4v) is 3.03. The molecule has 0 radical (unpaired) electrons. The molecule has 0 saturated heterocycles. The second kappa shape index (κ2) is 5.37. The van der Waals surface area contributed by atoms with Gasteiger partial charge in [0.25, 0.3) is 0 Å². The topological polar surface area (TPSA) is 26.7 Å². The first-order chi connectivity index (χ1) is 9.65. The van der Waals surface area contributed by atoms with E-state index in [9.17, 15) is 5.11 Å². The molecule has 2 aromatic rings. The minimum atomic E-state index is 0.285. The Morgan fingerprint density at radius 3 is 2.60 bits per heavy atom. The molecule has 0 aromatic heterocycles. The summed E-state index contributed by atoms with van der Waals surface area (Å²) in [6.07, 6.45) is 0. The number of para-hydroxylation sites is 2. The summed E-state index contributed by atoms with van der Waals surface area (Å²) >= 11 is 3.38. The van der Waals surface area contributed by atoms with E-state index in [1.165, 1.54) is 16.9 Å². The van der Waals surface area contributed by atoms with E-state index >= 15 is 0 Å². The molecule has 104 valence electrons. The lowest BCUT2D eigenvalue weighted by atomic mass is 10.1. The molecule has 0 saturated carbocycles. The van der Waals surface area contributed by atoms with Crippen molar-refractivity contribution < 1.29 is 5.11 Å². The molecule has 1 N–H and O–H groups in total. The molecule has 3 rings (SSSR count). The van der Waals surface area contributed by atoms with Crippen LogP contribution in [0, 0.1) is 0 Å². The standard InChI is InChI=1S/C16H17BrN2O/c1-18-8-9-19(15-5-3-2-4-14(15)18)11-12-6-7-16(20)13(17)10-12/h2-7,10,20H,8-9,11H2,1H3. The van der Waals surface area contributed by atoms with Gasteiger partial charge in [0.2, 0.25) is 0 Å². The highest BCUT2D eigenvalue weighted by Crippen LogP contribution is 2.33. The zero-order chi connectivity index (χ0) is 14.1. The molecule has 1 heterocycles. The van der Waals surface area contributed by atoms with E-state index < -0.39 is 0 Å². The Balaban J connectivity index is 1.88. The maximum atomic E-state index is 9.57. The van der Waals surface area contributed by atoms with Crippen LogP contribution in [0.3, 0.4) is 0 Å². The highest BCUT2D eigenvalue weighted by molar-refractivity contribution is 9.10. The fourth-order valence-electron chi connectivity index (χ4n) is 2.60. The number of phenols is 1. The first kappa shape index (κ1) is 13.3. The van der Waals surface area contributed by atoms with Gasteiger partial charge in [-0.1, -0.05) is 18.2 Å². The van der Waals surface area contributed by atoms with Gasteiger partial charge in [0.15, 0.2) is 0 Å². The van der Waals surface area contributed by atoms with E-state index in [1.54, 1.807) is 6.07 Å². The second-order valence-corrected chi connectivity index (χ2v) is 5.97. The van der Waals surface area contributed by atoms with Crippen molar-refractivity contribution in [2.75, 3.05) is 29.9 Å². The maximum Gasteiger partial charge on any atom is 0.129 e. The van der Waals surface area contributed by atoms with Crippen molar-refractivity contribution in [3.8, 4) is 5.75 Å². The molecule has 0 atom stereocenters. The van der Waals surface area contributed by atoms with Crippen molar-refractivity contribution in [2.45, 2.75) is 6.54 Å². The minimum absolute atomic E-state index is 0.285. The minimum Gasteiger partial charge on any atom is -0.507 e. The number of phenolic OH excluding ortho intramolecular Hbond substituents is 1. The number of benzene rings is 2. The summed E-state index contributed by atoms with van der Waals surface area (Å²) in [4.78, 5) is 4.67. The number of fused-ring (bicyclic) bond motifs is 1. The normalized spacial score (nSPS) is 14.3. The molecular formula is C16H17BrN2O. The Morgan fingerprint density at radius 2 is 1.85 bits per heavy atom. The predicted molar refractivity (Wildman–Crippen MR) is 86.6 cm³/mol. The van der Waals surface area contributed by atoms with Gasteiger partial charge in [-0.2, -0.15) is 0 Å². The highest BCUT2D eigenvalue weighted by atomic mass is 79.9. The second-order valence-electron chi connectivity index (χ2n) is 5.12. The van der Waals surface area contributed by atoms with E-state index in [0.717, 1.165) is 24.1 Å². The smallest absolute Gasteiger partial charge is 0.129 e. The fraction of sp³-hybridized carbons (Fsp3) is 0.250. The number of hydrogen-bond donors (Lipinski definition) is 1. The summed E-state index contributed by atoms with van der Waals surface area (Å²) in [7, 11) is 2.13. The molecule has 0 amide bonds. The van der Waals surface area contributed by atoms with Crippen LogP contribution < -0.4 is 9.80 Å². The van der Waals surface area contributed by atoms with E-state index in [1.807, 2.05) is 12.1 Å². The third-order valence-electron chi connectivity index (χ3n) is 3.72. The van der Waals surface area contributed by atoms with E-state index in [2.05, 4.69) is 57.0 Å². The van der Waals surface area contributed by atoms with E-state index in [4.69, 9.17) is 0 Å². The number of halogens is 1. The van der Waals surface area contributed by atoms with Gasteiger partial charge < -0.3 is 14.9 Å². The Kier molecular flexibility index (Phi) is 3.57. The third-order valence-corrected chi connectivity index (χ3v) is 4.36. The molecule has 0 aliphatic carbocycles. The number of likely N-dealkylation sites (N-methyl/N-ethyl adjacent to an activating group) is 1. The summed E-state index contributed by atoms with van der Waals surface area (Å²) in [5.74, 6) is 0.285. The summed E-state index contributed by atoms with van der Waals surface area (Å²) in [5, 5.41) is 9.57. The predicted octanol–water partition coefficient (Wildman–Crippen LogP) is 3.61. The lowest BCUT2D eigenvalue weighted by Crippen LogP contribution is -2.38. The molecular weight excluding hydrogens is 316 g/mol. The van der Waals surface area contributed by atoms with Gasteiger partial charge in [-0.25, -0.2) is 0 Å². The molecule has 0 spiro atoms. The van der Waals surface area contributed by atoms with Crippen molar-refractivity contribution in [1.29, 1.82) is 0 Å². The highest BCUT2D eigenvalue weighted by Gasteiger charge is 2.19. The monoisotopic (exact) mass is 332 g/mol. The zero-order valence-electron chi connectivity index (χ0n) is 11.4. The summed E-state index contributed by atoms with van der Waals surface area (Å²) in [6.45, 7) is 2.88. The Labute approximate surface area is 127 Å². The lowest BCUT2D eigenvalue weighted by Gasteiger charge is -2.37. The molecule has 3 nitrogen and oxygen atoms in total. The van der Waals surface area contributed by atoms with Crippen LogP contribution in [0.2, 0.25) is 0 Å². The van der Waals surface area contributed by atoms with Crippen LogP contribution in [0.1, 0.15) is 5.56 Å². The molecule has 0 fully saturated rings. The number of hydrogen-bond acceptors (Lipinski definition) is 3. The van der Waals surface area contributed by atoms with Gasteiger partial charge in [-0.3, -0.25) is 0 Å². The van der Waals surface area contributed by atoms with Gasteiger partial charge in [-0.05, 0) is 45.8 Å². The van der Waals surface area contributed by atoms with Gasteiger partial charge in [0, 0.05) is 26.7 Å². The van der Waals surface area contributed by atoms with Crippen LogP contribution in [-0.4, -0.2) is 25.2 Å².